The molecule has 0 aromatic carbocycles. The van der Waals surface area contributed by atoms with E-state index in [0.717, 1.165) is 11.7 Å². The first kappa shape index (κ1) is 13.3. The summed E-state index contributed by atoms with van der Waals surface area (Å²) < 4.78 is 0. The zero-order valence-electron chi connectivity index (χ0n) is 12.0. The molecule has 1 aromatic rings. The summed E-state index contributed by atoms with van der Waals surface area (Å²) in [6.07, 6.45) is 7.71. The van der Waals surface area contributed by atoms with Gasteiger partial charge < -0.3 is 0 Å². The van der Waals surface area contributed by atoms with Crippen LogP contribution in [-0.4, -0.2) is 9.97 Å². The molecule has 1 heterocycles. The van der Waals surface area contributed by atoms with E-state index in [0.29, 0.717) is 21.1 Å². The van der Waals surface area contributed by atoms with E-state index in [9.17, 15) is 0 Å². The van der Waals surface area contributed by atoms with Crippen molar-refractivity contribution in [2.45, 2.75) is 57.8 Å². The van der Waals surface area contributed by atoms with Gasteiger partial charge in [-0.1, -0.05) is 37.0 Å². The molecule has 0 spiro atoms. The van der Waals surface area contributed by atoms with Crippen molar-refractivity contribution >= 4 is 23.2 Å². The van der Waals surface area contributed by atoms with Crippen molar-refractivity contribution < 1.29 is 0 Å². The van der Waals surface area contributed by atoms with Gasteiger partial charge in [0.15, 0.2) is 0 Å². The fraction of sp³-hybridized carbons (Fsp3) is 0.750. The summed E-state index contributed by atoms with van der Waals surface area (Å²) in [5, 5.41) is 0.956. The molecule has 0 radical (unpaired) electrons. The van der Waals surface area contributed by atoms with Crippen molar-refractivity contribution in [2.75, 3.05) is 0 Å². The van der Waals surface area contributed by atoms with E-state index in [1.165, 1.54) is 38.5 Å². The average Bonchev–Trinajstić information content (AvgIpc) is 2.22. The molecule has 4 fully saturated rings. The van der Waals surface area contributed by atoms with E-state index in [-0.39, 0.29) is 5.41 Å². The van der Waals surface area contributed by atoms with Gasteiger partial charge in [0.2, 0.25) is 0 Å². The molecule has 4 saturated carbocycles. The predicted octanol–water partition coefficient (Wildman–Crippen LogP) is 5.03. The van der Waals surface area contributed by atoms with Crippen molar-refractivity contribution in [3.8, 4) is 0 Å². The lowest BCUT2D eigenvalue weighted by atomic mass is 9.40. The minimum absolute atomic E-state index is 0.109. The minimum atomic E-state index is 0.109. The van der Waals surface area contributed by atoms with E-state index in [4.69, 9.17) is 23.2 Å². The zero-order chi connectivity index (χ0) is 14.2. The Morgan fingerprint density at radius 2 is 1.50 bits per heavy atom. The first-order chi connectivity index (χ1) is 9.30. The number of nitrogens with zero attached hydrogens (tertiary/aromatic N) is 2. The van der Waals surface area contributed by atoms with Crippen LogP contribution in [0.4, 0.5) is 0 Å². The van der Waals surface area contributed by atoms with Crippen molar-refractivity contribution in [3.63, 3.8) is 0 Å². The van der Waals surface area contributed by atoms with Gasteiger partial charge in [-0.3, -0.25) is 0 Å². The van der Waals surface area contributed by atoms with Crippen LogP contribution >= 0.6 is 23.2 Å². The molecule has 0 aliphatic heterocycles. The van der Waals surface area contributed by atoms with E-state index < -0.39 is 0 Å². The van der Waals surface area contributed by atoms with Crippen LogP contribution in [0.15, 0.2) is 6.07 Å². The molecule has 4 aliphatic rings. The Balaban J connectivity index is 1.84. The van der Waals surface area contributed by atoms with Gasteiger partial charge in [0.25, 0.3) is 0 Å². The normalized spacial score (nSPS) is 45.9. The molecule has 4 aliphatic carbocycles. The summed E-state index contributed by atoms with van der Waals surface area (Å²) in [6.45, 7) is 4.91. The third kappa shape index (κ3) is 1.91. The Morgan fingerprint density at radius 3 is 2.00 bits per heavy atom. The molecule has 108 valence electrons. The Kier molecular flexibility index (Phi) is 2.60. The Bertz CT molecular complexity index is 548. The largest absolute Gasteiger partial charge is 0.221 e. The van der Waals surface area contributed by atoms with Gasteiger partial charge in [0.1, 0.15) is 16.1 Å². The van der Waals surface area contributed by atoms with Gasteiger partial charge in [-0.25, -0.2) is 9.97 Å². The second-order valence-corrected chi connectivity index (χ2v) is 9.02. The minimum Gasteiger partial charge on any atom is -0.221 e. The molecule has 1 aromatic heterocycles. The molecule has 2 nitrogen and oxygen atoms in total. The van der Waals surface area contributed by atoms with Gasteiger partial charge >= 0.3 is 0 Å². The maximum absolute atomic E-state index is 6.12. The molecule has 20 heavy (non-hydrogen) atoms. The third-order valence-electron chi connectivity index (χ3n) is 5.76. The maximum Gasteiger partial charge on any atom is 0.138 e. The van der Waals surface area contributed by atoms with Gasteiger partial charge in [-0.15, -0.1) is 0 Å². The summed E-state index contributed by atoms with van der Waals surface area (Å²) in [6, 6.07) is 1.64. The summed E-state index contributed by atoms with van der Waals surface area (Å²) >= 11 is 12.2. The highest BCUT2D eigenvalue weighted by molar-refractivity contribution is 6.33. The van der Waals surface area contributed by atoms with Gasteiger partial charge in [0.05, 0.1) is 0 Å². The Labute approximate surface area is 130 Å². The first-order valence-corrected chi connectivity index (χ1v) is 8.26. The molecule has 2 atom stereocenters. The summed E-state index contributed by atoms with van der Waals surface area (Å²) in [4.78, 5) is 9.11. The Morgan fingerprint density at radius 1 is 0.950 bits per heavy atom. The number of aromatic nitrogens is 2. The number of hydrogen-bond acceptors (Lipinski definition) is 2. The molecule has 4 bridgehead atoms. The molecule has 0 N–H and O–H groups in total. The van der Waals surface area contributed by atoms with Crippen molar-refractivity contribution in [1.82, 2.24) is 9.97 Å². The van der Waals surface area contributed by atoms with Crippen LogP contribution in [0.25, 0.3) is 0 Å². The molecule has 2 unspecified atom stereocenters. The van der Waals surface area contributed by atoms with E-state index in [1.54, 1.807) is 6.07 Å². The van der Waals surface area contributed by atoms with Gasteiger partial charge in [-0.05, 0) is 55.3 Å². The molecule has 0 amide bonds. The van der Waals surface area contributed by atoms with Crippen LogP contribution in [0.2, 0.25) is 10.3 Å². The van der Waals surface area contributed by atoms with Crippen LogP contribution in [0.1, 0.15) is 58.2 Å². The van der Waals surface area contributed by atoms with E-state index in [1.807, 2.05) is 0 Å². The van der Waals surface area contributed by atoms with Crippen LogP contribution in [0, 0.1) is 16.7 Å². The monoisotopic (exact) mass is 310 g/mol. The highest BCUT2D eigenvalue weighted by atomic mass is 35.5. The Hall–Kier alpha value is -0.340. The number of hydrogen-bond donors (Lipinski definition) is 0. The highest BCUT2D eigenvalue weighted by Crippen LogP contribution is 2.69. The smallest absolute Gasteiger partial charge is 0.138 e. The third-order valence-corrected chi connectivity index (χ3v) is 6.15. The predicted molar refractivity (Wildman–Crippen MR) is 81.1 cm³/mol. The van der Waals surface area contributed by atoms with E-state index in [2.05, 4.69) is 23.8 Å². The van der Waals surface area contributed by atoms with Crippen LogP contribution < -0.4 is 0 Å². The highest BCUT2D eigenvalue weighted by Gasteiger charge is 2.61. The molecular formula is C16H20Cl2N2. The second kappa shape index (κ2) is 3.89. The SMILES string of the molecule is CC12CC3CC(C)(C1)CC(c1nc(Cl)cc(Cl)n1)(C3)C2. The van der Waals surface area contributed by atoms with Crippen LogP contribution in [-0.2, 0) is 5.41 Å². The molecule has 5 rings (SSSR count). The van der Waals surface area contributed by atoms with Crippen molar-refractivity contribution in [3.05, 3.63) is 22.2 Å². The fourth-order valence-corrected chi connectivity index (χ4v) is 6.75. The fourth-order valence-electron chi connectivity index (χ4n) is 6.32. The first-order valence-electron chi connectivity index (χ1n) is 7.51. The van der Waals surface area contributed by atoms with Gasteiger partial charge in [0, 0.05) is 11.5 Å². The topological polar surface area (TPSA) is 25.8 Å². The van der Waals surface area contributed by atoms with Crippen LogP contribution in [0.5, 0.6) is 0 Å². The lowest BCUT2D eigenvalue weighted by molar-refractivity contribution is -0.112. The van der Waals surface area contributed by atoms with Crippen LogP contribution in [0.3, 0.4) is 0 Å². The molecule has 4 heteroatoms. The molecule has 0 saturated heterocycles. The maximum atomic E-state index is 6.12. The van der Waals surface area contributed by atoms with Crippen molar-refractivity contribution in [2.24, 2.45) is 16.7 Å². The van der Waals surface area contributed by atoms with Crippen molar-refractivity contribution in [1.29, 1.82) is 0 Å². The lowest BCUT2D eigenvalue weighted by Gasteiger charge is -2.64. The van der Waals surface area contributed by atoms with Gasteiger partial charge in [-0.2, -0.15) is 0 Å². The lowest BCUT2D eigenvalue weighted by Crippen LogP contribution is -2.57. The summed E-state index contributed by atoms with van der Waals surface area (Å²) in [7, 11) is 0. The quantitative estimate of drug-likeness (QED) is 0.680. The summed E-state index contributed by atoms with van der Waals surface area (Å²) in [5.74, 6) is 1.72. The molecular weight excluding hydrogens is 291 g/mol. The average molecular weight is 311 g/mol. The number of halogens is 2. The van der Waals surface area contributed by atoms with E-state index >= 15 is 0 Å². The standard InChI is InChI=1S/C16H20Cl2N2/c1-14-4-10-5-15(2,7-14)9-16(6-10,8-14)13-19-11(17)3-12(18)20-13/h3,10H,4-9H2,1-2H3. The number of rotatable bonds is 1. The zero-order valence-corrected chi connectivity index (χ0v) is 13.6. The summed E-state index contributed by atoms with van der Waals surface area (Å²) in [5.41, 5.74) is 1.01. The second-order valence-electron chi connectivity index (χ2n) is 8.25.